The Morgan fingerprint density at radius 1 is 0.625 bits per heavy atom. The Balaban J connectivity index is 1.80. The van der Waals surface area contributed by atoms with E-state index >= 15 is 0 Å². The molecule has 0 bridgehead atoms. The summed E-state index contributed by atoms with van der Waals surface area (Å²) in [4.78, 5) is 26.5. The van der Waals surface area contributed by atoms with Crippen molar-refractivity contribution in [2.75, 3.05) is 28.4 Å². The second-order valence-electron chi connectivity index (χ2n) is 7.10. The third kappa shape index (κ3) is 3.39. The number of ether oxygens (including phenoxy) is 4. The monoisotopic (exact) mass is 430 g/mol. The number of methoxy groups -OCH3 is 4. The maximum atomic E-state index is 13.4. The van der Waals surface area contributed by atoms with Gasteiger partial charge in [-0.3, -0.25) is 9.59 Å². The van der Waals surface area contributed by atoms with Crippen LogP contribution in [0.4, 0.5) is 0 Å². The summed E-state index contributed by atoms with van der Waals surface area (Å²) < 4.78 is 21.6. The number of rotatable bonds is 6. The van der Waals surface area contributed by atoms with Crippen LogP contribution in [0.15, 0.2) is 48.5 Å². The summed E-state index contributed by atoms with van der Waals surface area (Å²) in [5, 5.41) is 0. The highest BCUT2D eigenvalue weighted by molar-refractivity contribution is 6.30. The quantitative estimate of drug-likeness (QED) is 0.414. The van der Waals surface area contributed by atoms with Crippen LogP contribution < -0.4 is 18.9 Å². The van der Waals surface area contributed by atoms with Crippen LogP contribution in [0.25, 0.3) is 12.2 Å². The SMILES string of the molecule is COc1ccc(/C=C/c2ccc3c(c2OC)C(=O)c2c(OC)cccc2C3=O)cc1OC. The van der Waals surface area contributed by atoms with Crippen LogP contribution in [0.2, 0.25) is 0 Å². The topological polar surface area (TPSA) is 71.1 Å². The Morgan fingerprint density at radius 2 is 1.34 bits per heavy atom. The first-order valence-corrected chi connectivity index (χ1v) is 9.91. The van der Waals surface area contributed by atoms with Crippen molar-refractivity contribution >= 4 is 23.7 Å². The standard InChI is InChI=1S/C26H22O6/c1-29-19-13-9-15(14-21(19)31-3)8-10-16-11-12-18-23(26(16)32-4)25(28)22-17(24(18)27)6-5-7-20(22)30-2/h5-14H,1-4H3/b10-8+. The summed E-state index contributed by atoms with van der Waals surface area (Å²) in [6.07, 6.45) is 3.70. The lowest BCUT2D eigenvalue weighted by molar-refractivity contribution is 0.0974. The molecule has 1 aliphatic rings. The van der Waals surface area contributed by atoms with E-state index in [1.165, 1.54) is 14.2 Å². The molecule has 0 heterocycles. The summed E-state index contributed by atoms with van der Waals surface area (Å²) in [7, 11) is 6.12. The van der Waals surface area contributed by atoms with E-state index in [1.807, 2.05) is 30.4 Å². The molecular weight excluding hydrogens is 408 g/mol. The minimum absolute atomic E-state index is 0.234. The smallest absolute Gasteiger partial charge is 0.202 e. The fourth-order valence-electron chi connectivity index (χ4n) is 3.90. The number of fused-ring (bicyclic) bond motifs is 2. The third-order valence-electron chi connectivity index (χ3n) is 5.44. The number of carbonyl (C=O) groups is 2. The molecule has 0 atom stereocenters. The molecule has 0 aromatic heterocycles. The van der Waals surface area contributed by atoms with Gasteiger partial charge in [0.2, 0.25) is 5.78 Å². The average molecular weight is 430 g/mol. The molecule has 32 heavy (non-hydrogen) atoms. The number of carbonyl (C=O) groups excluding carboxylic acids is 2. The predicted molar refractivity (Wildman–Crippen MR) is 121 cm³/mol. The van der Waals surface area contributed by atoms with Gasteiger partial charge in [-0.25, -0.2) is 0 Å². The number of hydrogen-bond donors (Lipinski definition) is 0. The molecule has 162 valence electrons. The van der Waals surface area contributed by atoms with Crippen LogP contribution in [0.3, 0.4) is 0 Å². The van der Waals surface area contributed by atoms with Crippen molar-refractivity contribution in [3.63, 3.8) is 0 Å². The summed E-state index contributed by atoms with van der Waals surface area (Å²) in [6.45, 7) is 0. The lowest BCUT2D eigenvalue weighted by atomic mass is 9.82. The van der Waals surface area contributed by atoms with Gasteiger partial charge in [-0.1, -0.05) is 36.4 Å². The molecule has 4 rings (SSSR count). The molecule has 0 amide bonds. The van der Waals surface area contributed by atoms with Gasteiger partial charge in [0, 0.05) is 16.7 Å². The van der Waals surface area contributed by atoms with Crippen LogP contribution in [0.5, 0.6) is 23.0 Å². The zero-order valence-corrected chi connectivity index (χ0v) is 18.2. The molecule has 3 aromatic carbocycles. The van der Waals surface area contributed by atoms with Crippen LogP contribution in [0.1, 0.15) is 43.0 Å². The average Bonchev–Trinajstić information content (AvgIpc) is 2.84. The molecule has 6 nitrogen and oxygen atoms in total. The first-order chi connectivity index (χ1) is 15.5. The van der Waals surface area contributed by atoms with E-state index in [2.05, 4.69) is 0 Å². The van der Waals surface area contributed by atoms with E-state index < -0.39 is 0 Å². The lowest BCUT2D eigenvalue weighted by Gasteiger charge is -2.22. The highest BCUT2D eigenvalue weighted by Gasteiger charge is 2.35. The van der Waals surface area contributed by atoms with Crippen molar-refractivity contribution in [2.45, 2.75) is 0 Å². The molecule has 0 radical (unpaired) electrons. The van der Waals surface area contributed by atoms with Gasteiger partial charge in [-0.05, 0) is 29.8 Å². The van der Waals surface area contributed by atoms with Gasteiger partial charge >= 0.3 is 0 Å². The summed E-state index contributed by atoms with van der Waals surface area (Å²) in [6, 6.07) is 14.0. The summed E-state index contributed by atoms with van der Waals surface area (Å²) >= 11 is 0. The first kappa shape index (κ1) is 21.2. The number of benzene rings is 3. The van der Waals surface area contributed by atoms with Gasteiger partial charge in [-0.15, -0.1) is 0 Å². The fraction of sp³-hybridized carbons (Fsp3) is 0.154. The van der Waals surface area contributed by atoms with E-state index in [0.29, 0.717) is 39.7 Å². The molecule has 0 fully saturated rings. The molecule has 0 saturated carbocycles. The minimum Gasteiger partial charge on any atom is -0.496 e. The first-order valence-electron chi connectivity index (χ1n) is 9.91. The Bertz CT molecular complexity index is 1260. The third-order valence-corrected chi connectivity index (χ3v) is 5.44. The molecule has 1 aliphatic carbocycles. The summed E-state index contributed by atoms with van der Waals surface area (Å²) in [5.41, 5.74) is 2.68. The Hall–Kier alpha value is -4.06. The van der Waals surface area contributed by atoms with E-state index in [0.717, 1.165) is 5.56 Å². The maximum absolute atomic E-state index is 13.4. The second-order valence-corrected chi connectivity index (χ2v) is 7.10. The highest BCUT2D eigenvalue weighted by Crippen LogP contribution is 2.39. The molecule has 0 unspecified atom stereocenters. The second kappa shape index (κ2) is 8.59. The van der Waals surface area contributed by atoms with Gasteiger partial charge in [0.15, 0.2) is 17.3 Å². The van der Waals surface area contributed by atoms with E-state index in [-0.39, 0.29) is 22.7 Å². The van der Waals surface area contributed by atoms with E-state index in [1.54, 1.807) is 44.6 Å². The van der Waals surface area contributed by atoms with Crippen molar-refractivity contribution < 1.29 is 28.5 Å². The highest BCUT2D eigenvalue weighted by atomic mass is 16.5. The molecule has 0 N–H and O–H groups in total. The van der Waals surface area contributed by atoms with Crippen molar-refractivity contribution in [1.82, 2.24) is 0 Å². The number of ketones is 2. The minimum atomic E-state index is -0.301. The molecule has 0 saturated heterocycles. The van der Waals surface area contributed by atoms with Crippen LogP contribution in [-0.4, -0.2) is 40.0 Å². The Labute approximate surface area is 186 Å². The lowest BCUT2D eigenvalue weighted by Crippen LogP contribution is -2.22. The zero-order valence-electron chi connectivity index (χ0n) is 18.2. The van der Waals surface area contributed by atoms with Crippen LogP contribution in [-0.2, 0) is 0 Å². The van der Waals surface area contributed by atoms with Crippen molar-refractivity contribution in [3.05, 3.63) is 81.9 Å². The fourth-order valence-corrected chi connectivity index (χ4v) is 3.90. The van der Waals surface area contributed by atoms with Gasteiger partial charge < -0.3 is 18.9 Å². The van der Waals surface area contributed by atoms with E-state index in [9.17, 15) is 9.59 Å². The normalized spacial score (nSPS) is 12.4. The molecule has 0 aliphatic heterocycles. The number of hydrogen-bond acceptors (Lipinski definition) is 6. The Morgan fingerprint density at radius 3 is 2.03 bits per heavy atom. The van der Waals surface area contributed by atoms with Gasteiger partial charge in [0.05, 0.1) is 39.6 Å². The Kier molecular flexibility index (Phi) is 5.69. The van der Waals surface area contributed by atoms with Crippen LogP contribution >= 0.6 is 0 Å². The van der Waals surface area contributed by atoms with Gasteiger partial charge in [-0.2, -0.15) is 0 Å². The predicted octanol–water partition coefficient (Wildman–Crippen LogP) is 4.67. The van der Waals surface area contributed by atoms with Crippen molar-refractivity contribution in [3.8, 4) is 23.0 Å². The molecular formula is C26H22O6. The maximum Gasteiger partial charge on any atom is 0.202 e. The molecule has 6 heteroatoms. The summed E-state index contributed by atoms with van der Waals surface area (Å²) in [5.74, 6) is 1.41. The molecule has 3 aromatic rings. The van der Waals surface area contributed by atoms with Crippen molar-refractivity contribution in [1.29, 1.82) is 0 Å². The van der Waals surface area contributed by atoms with Crippen LogP contribution in [0, 0.1) is 0 Å². The largest absolute Gasteiger partial charge is 0.496 e. The van der Waals surface area contributed by atoms with Gasteiger partial charge in [0.1, 0.15) is 11.5 Å². The zero-order chi connectivity index (χ0) is 22.8. The van der Waals surface area contributed by atoms with Gasteiger partial charge in [0.25, 0.3) is 0 Å². The van der Waals surface area contributed by atoms with E-state index in [4.69, 9.17) is 18.9 Å². The molecule has 0 spiro atoms. The van der Waals surface area contributed by atoms with Crippen molar-refractivity contribution in [2.24, 2.45) is 0 Å².